The van der Waals surface area contributed by atoms with Gasteiger partial charge in [-0.2, -0.15) is 11.8 Å². The molecule has 0 saturated carbocycles. The Morgan fingerprint density at radius 3 is 2.69 bits per heavy atom. The number of rotatable bonds is 6. The number of thioether (sulfide) groups is 2. The average Bonchev–Trinajstić information content (AvgIpc) is 2.30. The zero-order valence-electron chi connectivity index (χ0n) is 9.51. The molecule has 0 aliphatic rings. The third kappa shape index (κ3) is 4.94. The third-order valence-electron chi connectivity index (χ3n) is 1.92. The van der Waals surface area contributed by atoms with E-state index in [1.54, 1.807) is 11.8 Å². The lowest BCUT2D eigenvalue weighted by atomic mass is 10.4. The Labute approximate surface area is 105 Å². The van der Waals surface area contributed by atoms with Crippen LogP contribution in [0.3, 0.4) is 0 Å². The van der Waals surface area contributed by atoms with E-state index in [2.05, 4.69) is 0 Å². The Kier molecular flexibility index (Phi) is 6.42. The van der Waals surface area contributed by atoms with Gasteiger partial charge in [-0.1, -0.05) is 18.2 Å². The van der Waals surface area contributed by atoms with Crippen molar-refractivity contribution in [3.8, 4) is 0 Å². The Bertz CT molecular complexity index is 314. The lowest BCUT2D eigenvalue weighted by Crippen LogP contribution is -2.18. The van der Waals surface area contributed by atoms with Gasteiger partial charge >= 0.3 is 5.97 Å². The van der Waals surface area contributed by atoms with Crippen LogP contribution >= 0.6 is 23.5 Å². The maximum absolute atomic E-state index is 11.6. The number of benzene rings is 1. The zero-order valence-corrected chi connectivity index (χ0v) is 11.1. The van der Waals surface area contributed by atoms with Crippen molar-refractivity contribution in [3.63, 3.8) is 0 Å². The highest BCUT2D eigenvalue weighted by molar-refractivity contribution is 8.00. The van der Waals surface area contributed by atoms with Crippen LogP contribution in [-0.4, -0.2) is 29.8 Å². The van der Waals surface area contributed by atoms with Gasteiger partial charge in [-0.3, -0.25) is 4.79 Å². The van der Waals surface area contributed by atoms with Crippen LogP contribution in [-0.2, 0) is 9.53 Å². The number of hydrogen-bond acceptors (Lipinski definition) is 4. The van der Waals surface area contributed by atoms with Gasteiger partial charge in [-0.25, -0.2) is 0 Å². The molecule has 0 saturated heterocycles. The molecule has 88 valence electrons. The van der Waals surface area contributed by atoms with Crippen molar-refractivity contribution in [2.24, 2.45) is 0 Å². The van der Waals surface area contributed by atoms with E-state index in [1.165, 1.54) is 11.8 Å². The van der Waals surface area contributed by atoms with Crippen LogP contribution in [0.15, 0.2) is 35.2 Å². The largest absolute Gasteiger partial charge is 0.464 e. The van der Waals surface area contributed by atoms with E-state index in [0.29, 0.717) is 6.61 Å². The molecule has 1 aromatic rings. The normalized spacial score (nSPS) is 12.1. The van der Waals surface area contributed by atoms with Crippen molar-refractivity contribution in [2.45, 2.75) is 17.1 Å². The number of ether oxygens (including phenoxy) is 1. The van der Waals surface area contributed by atoms with E-state index in [-0.39, 0.29) is 11.2 Å². The second-order valence-corrected chi connectivity index (χ2v) is 5.63. The predicted octanol–water partition coefficient (Wildman–Crippen LogP) is 3.07. The fraction of sp³-hybridized carbons (Fsp3) is 0.417. The maximum Gasteiger partial charge on any atom is 0.319 e. The second kappa shape index (κ2) is 7.63. The fourth-order valence-corrected chi connectivity index (χ4v) is 2.23. The first kappa shape index (κ1) is 13.5. The molecule has 16 heavy (non-hydrogen) atoms. The minimum atomic E-state index is -0.149. The Hall–Kier alpha value is -0.610. The number of hydrogen-bond donors (Lipinski definition) is 0. The summed E-state index contributed by atoms with van der Waals surface area (Å²) in [6.45, 7) is 2.37. The van der Waals surface area contributed by atoms with Gasteiger partial charge in [-0.15, -0.1) is 11.8 Å². The van der Waals surface area contributed by atoms with Crippen LogP contribution in [0.5, 0.6) is 0 Å². The summed E-state index contributed by atoms with van der Waals surface area (Å²) in [7, 11) is 0. The first-order chi connectivity index (χ1) is 7.74. The zero-order chi connectivity index (χ0) is 11.8. The van der Waals surface area contributed by atoms with Crippen LogP contribution in [0.4, 0.5) is 0 Å². The standard InChI is InChI=1S/C12H16O2S2/c1-10(12(13)14-8-9-15-2)16-11-6-4-3-5-7-11/h3-7,10H,8-9H2,1-2H3. The topological polar surface area (TPSA) is 26.3 Å². The summed E-state index contributed by atoms with van der Waals surface area (Å²) in [5, 5.41) is -0.149. The van der Waals surface area contributed by atoms with E-state index < -0.39 is 0 Å². The van der Waals surface area contributed by atoms with Crippen LogP contribution in [0.25, 0.3) is 0 Å². The highest BCUT2D eigenvalue weighted by Crippen LogP contribution is 2.23. The molecule has 1 unspecified atom stereocenters. The van der Waals surface area contributed by atoms with Crippen molar-refractivity contribution in [3.05, 3.63) is 30.3 Å². The SMILES string of the molecule is CSCCOC(=O)C(C)Sc1ccccc1. The van der Waals surface area contributed by atoms with Crippen LogP contribution in [0, 0.1) is 0 Å². The highest BCUT2D eigenvalue weighted by Gasteiger charge is 2.15. The van der Waals surface area contributed by atoms with Gasteiger partial charge < -0.3 is 4.74 Å². The number of esters is 1. The van der Waals surface area contributed by atoms with Gasteiger partial charge in [0.25, 0.3) is 0 Å². The summed E-state index contributed by atoms with van der Waals surface area (Å²) in [4.78, 5) is 12.7. The van der Waals surface area contributed by atoms with Crippen molar-refractivity contribution in [2.75, 3.05) is 18.6 Å². The molecule has 1 rings (SSSR count). The van der Waals surface area contributed by atoms with E-state index in [9.17, 15) is 4.79 Å². The van der Waals surface area contributed by atoms with Gasteiger partial charge in [0.05, 0.1) is 0 Å². The van der Waals surface area contributed by atoms with Crippen molar-refractivity contribution in [1.82, 2.24) is 0 Å². The molecule has 1 aromatic carbocycles. The molecule has 1 atom stereocenters. The van der Waals surface area contributed by atoms with Crippen LogP contribution < -0.4 is 0 Å². The van der Waals surface area contributed by atoms with Gasteiger partial charge in [0.1, 0.15) is 11.9 Å². The highest BCUT2D eigenvalue weighted by atomic mass is 32.2. The lowest BCUT2D eigenvalue weighted by Gasteiger charge is -2.10. The minimum Gasteiger partial charge on any atom is -0.464 e. The van der Waals surface area contributed by atoms with E-state index >= 15 is 0 Å². The molecule has 0 heterocycles. The first-order valence-electron chi connectivity index (χ1n) is 5.11. The molecule has 4 heteroatoms. The molecular formula is C12H16O2S2. The smallest absolute Gasteiger partial charge is 0.319 e. The minimum absolute atomic E-state index is 0.136. The molecule has 0 radical (unpaired) electrons. The van der Waals surface area contributed by atoms with Crippen LogP contribution in [0.1, 0.15) is 6.92 Å². The predicted molar refractivity (Wildman–Crippen MR) is 71.1 cm³/mol. The molecule has 0 amide bonds. The summed E-state index contributed by atoms with van der Waals surface area (Å²) in [5.74, 6) is 0.719. The summed E-state index contributed by atoms with van der Waals surface area (Å²) in [6, 6.07) is 9.89. The molecule has 0 bridgehead atoms. The van der Waals surface area contributed by atoms with Gasteiger partial charge in [0, 0.05) is 10.6 Å². The van der Waals surface area contributed by atoms with Crippen molar-refractivity contribution < 1.29 is 9.53 Å². The van der Waals surface area contributed by atoms with Crippen LogP contribution in [0.2, 0.25) is 0 Å². The van der Waals surface area contributed by atoms with Gasteiger partial charge in [0.2, 0.25) is 0 Å². The van der Waals surface area contributed by atoms with Crippen molar-refractivity contribution >= 4 is 29.5 Å². The molecule has 2 nitrogen and oxygen atoms in total. The molecular weight excluding hydrogens is 240 g/mol. The van der Waals surface area contributed by atoms with Gasteiger partial charge in [0.15, 0.2) is 0 Å². The molecule has 0 spiro atoms. The van der Waals surface area contributed by atoms with Crippen molar-refractivity contribution in [1.29, 1.82) is 0 Å². The van der Waals surface area contributed by atoms with Gasteiger partial charge in [-0.05, 0) is 25.3 Å². The quantitative estimate of drug-likeness (QED) is 0.444. The molecule has 0 N–H and O–H groups in total. The third-order valence-corrected chi connectivity index (χ3v) is 3.59. The maximum atomic E-state index is 11.6. The number of carbonyl (C=O) groups excluding carboxylic acids is 1. The molecule has 0 aromatic heterocycles. The first-order valence-corrected chi connectivity index (χ1v) is 7.38. The Morgan fingerprint density at radius 1 is 1.38 bits per heavy atom. The average molecular weight is 256 g/mol. The number of carbonyl (C=O) groups is 1. The summed E-state index contributed by atoms with van der Waals surface area (Å²) < 4.78 is 5.14. The van der Waals surface area contributed by atoms with E-state index in [0.717, 1.165) is 10.6 Å². The van der Waals surface area contributed by atoms with E-state index in [4.69, 9.17) is 4.74 Å². The fourth-order valence-electron chi connectivity index (χ4n) is 1.09. The summed E-state index contributed by atoms with van der Waals surface area (Å²) in [5.41, 5.74) is 0. The lowest BCUT2D eigenvalue weighted by molar-refractivity contribution is -0.141. The summed E-state index contributed by atoms with van der Waals surface area (Å²) >= 11 is 3.20. The molecule has 0 aliphatic heterocycles. The summed E-state index contributed by atoms with van der Waals surface area (Å²) in [6.07, 6.45) is 2.00. The Morgan fingerprint density at radius 2 is 2.06 bits per heavy atom. The molecule has 0 aliphatic carbocycles. The Balaban J connectivity index is 2.34. The monoisotopic (exact) mass is 256 g/mol. The second-order valence-electron chi connectivity index (χ2n) is 3.23. The van der Waals surface area contributed by atoms with E-state index in [1.807, 2.05) is 43.5 Å². The molecule has 0 fully saturated rings.